The van der Waals surface area contributed by atoms with Gasteiger partial charge in [0.25, 0.3) is 0 Å². The third-order valence-corrected chi connectivity index (χ3v) is 3.66. The zero-order valence-corrected chi connectivity index (χ0v) is 10.3. The van der Waals surface area contributed by atoms with Crippen molar-refractivity contribution < 1.29 is 5.11 Å². The van der Waals surface area contributed by atoms with E-state index < -0.39 is 0 Å². The van der Waals surface area contributed by atoms with Crippen LogP contribution in [-0.4, -0.2) is 33.8 Å². The van der Waals surface area contributed by atoms with Gasteiger partial charge in [0, 0.05) is 32.0 Å². The molecule has 0 unspecified atom stereocenters. The van der Waals surface area contributed by atoms with E-state index in [1.165, 1.54) is 18.5 Å². The van der Waals surface area contributed by atoms with E-state index in [1.54, 1.807) is 0 Å². The van der Waals surface area contributed by atoms with E-state index in [2.05, 4.69) is 34.8 Å². The Balaban J connectivity index is 1.93. The van der Waals surface area contributed by atoms with Crippen LogP contribution in [0.4, 0.5) is 0 Å². The average molecular weight is 222 g/mol. The molecule has 3 heteroatoms. The monoisotopic (exact) mass is 222 g/mol. The molecule has 0 amide bonds. The highest BCUT2D eigenvalue weighted by atomic mass is 16.3. The van der Waals surface area contributed by atoms with Gasteiger partial charge in [-0.25, -0.2) is 0 Å². The number of aliphatic hydroxyl groups excluding tert-OH is 1. The van der Waals surface area contributed by atoms with Gasteiger partial charge in [-0.1, -0.05) is 0 Å². The molecule has 90 valence electrons. The second-order valence-corrected chi connectivity index (χ2v) is 4.99. The second kappa shape index (κ2) is 5.02. The summed E-state index contributed by atoms with van der Waals surface area (Å²) >= 11 is 0. The predicted molar refractivity (Wildman–Crippen MR) is 65.1 cm³/mol. The quantitative estimate of drug-likeness (QED) is 0.842. The van der Waals surface area contributed by atoms with Crippen LogP contribution in [0.2, 0.25) is 0 Å². The van der Waals surface area contributed by atoms with Crippen molar-refractivity contribution in [3.63, 3.8) is 0 Å². The Kier molecular flexibility index (Phi) is 3.66. The maximum absolute atomic E-state index is 9.64. The molecule has 0 bridgehead atoms. The molecule has 0 radical (unpaired) electrons. The Bertz CT molecular complexity index is 332. The number of hydrogen-bond donors (Lipinski definition) is 1. The lowest BCUT2D eigenvalue weighted by Crippen LogP contribution is -2.39. The fourth-order valence-electron chi connectivity index (χ4n) is 2.52. The first kappa shape index (κ1) is 11.7. The van der Waals surface area contributed by atoms with Gasteiger partial charge >= 0.3 is 0 Å². The third kappa shape index (κ3) is 2.66. The molecule has 2 rings (SSSR count). The van der Waals surface area contributed by atoms with Gasteiger partial charge in [0.2, 0.25) is 0 Å². The smallest absolute Gasteiger partial charge is 0.0552 e. The van der Waals surface area contributed by atoms with Crippen molar-refractivity contribution >= 4 is 0 Å². The van der Waals surface area contributed by atoms with Crippen molar-refractivity contribution in [1.29, 1.82) is 0 Å². The number of likely N-dealkylation sites (tertiary alicyclic amines) is 1. The summed E-state index contributed by atoms with van der Waals surface area (Å²) in [7, 11) is 2.09. The van der Waals surface area contributed by atoms with Gasteiger partial charge < -0.3 is 9.67 Å². The maximum Gasteiger partial charge on any atom is 0.0552 e. The molecule has 2 heterocycles. The minimum Gasteiger partial charge on any atom is -0.393 e. The predicted octanol–water partition coefficient (Wildman–Crippen LogP) is 1.62. The Hall–Kier alpha value is -0.800. The lowest BCUT2D eigenvalue weighted by atomic mass is 9.93. The van der Waals surface area contributed by atoms with Crippen LogP contribution in [0.1, 0.15) is 25.5 Å². The van der Waals surface area contributed by atoms with Crippen LogP contribution >= 0.6 is 0 Å². The summed E-state index contributed by atoms with van der Waals surface area (Å²) in [5.41, 5.74) is 1.35. The zero-order chi connectivity index (χ0) is 11.5. The summed E-state index contributed by atoms with van der Waals surface area (Å²) in [5, 5.41) is 9.64. The molecular formula is C13H22N2O. The molecule has 0 aliphatic carbocycles. The van der Waals surface area contributed by atoms with Crippen LogP contribution in [0.5, 0.6) is 0 Å². The standard InChI is InChI=1S/C13H22N2O/c1-11(16)12-5-3-8-15(9-12)10-13-6-4-7-14(13)2/h4,6-7,11-12,16H,3,5,8-10H2,1-2H3/t11-,12+/m1/s1. The minimum absolute atomic E-state index is 0.170. The number of piperidine rings is 1. The summed E-state index contributed by atoms with van der Waals surface area (Å²) in [5.74, 6) is 0.453. The van der Waals surface area contributed by atoms with Gasteiger partial charge in [0.1, 0.15) is 0 Å². The van der Waals surface area contributed by atoms with E-state index >= 15 is 0 Å². The topological polar surface area (TPSA) is 28.4 Å². The highest BCUT2D eigenvalue weighted by Gasteiger charge is 2.23. The van der Waals surface area contributed by atoms with Gasteiger partial charge in [0.15, 0.2) is 0 Å². The molecule has 1 N–H and O–H groups in total. The van der Waals surface area contributed by atoms with Gasteiger partial charge in [-0.3, -0.25) is 4.90 Å². The van der Waals surface area contributed by atoms with Crippen LogP contribution in [0.3, 0.4) is 0 Å². The maximum atomic E-state index is 9.64. The lowest BCUT2D eigenvalue weighted by molar-refractivity contribution is 0.0591. The van der Waals surface area contributed by atoms with E-state index in [-0.39, 0.29) is 6.10 Å². The molecule has 1 aromatic rings. The van der Waals surface area contributed by atoms with Crippen molar-refractivity contribution in [2.75, 3.05) is 13.1 Å². The fraction of sp³-hybridized carbons (Fsp3) is 0.692. The van der Waals surface area contributed by atoms with Crippen LogP contribution in [0, 0.1) is 5.92 Å². The molecule has 1 aliphatic heterocycles. The number of aliphatic hydroxyl groups is 1. The normalized spacial score (nSPS) is 24.6. The van der Waals surface area contributed by atoms with E-state index in [9.17, 15) is 5.11 Å². The fourth-order valence-corrected chi connectivity index (χ4v) is 2.52. The van der Waals surface area contributed by atoms with Gasteiger partial charge in [-0.15, -0.1) is 0 Å². The van der Waals surface area contributed by atoms with Crippen molar-refractivity contribution in [2.24, 2.45) is 13.0 Å². The highest BCUT2D eigenvalue weighted by Crippen LogP contribution is 2.21. The average Bonchev–Trinajstić information content (AvgIpc) is 2.65. The molecule has 16 heavy (non-hydrogen) atoms. The third-order valence-electron chi connectivity index (χ3n) is 3.66. The highest BCUT2D eigenvalue weighted by molar-refractivity contribution is 5.06. The summed E-state index contributed by atoms with van der Waals surface area (Å²) < 4.78 is 2.17. The first-order chi connectivity index (χ1) is 7.66. The molecule has 0 spiro atoms. The Labute approximate surface area is 97.7 Å². The molecule has 0 aromatic carbocycles. The van der Waals surface area contributed by atoms with Crippen molar-refractivity contribution in [2.45, 2.75) is 32.4 Å². The van der Waals surface area contributed by atoms with E-state index in [0.717, 1.165) is 19.6 Å². The summed E-state index contributed by atoms with van der Waals surface area (Å²) in [6, 6.07) is 4.26. The van der Waals surface area contributed by atoms with E-state index in [0.29, 0.717) is 5.92 Å². The lowest BCUT2D eigenvalue weighted by Gasteiger charge is -2.34. The molecular weight excluding hydrogens is 200 g/mol. The number of nitrogens with zero attached hydrogens (tertiary/aromatic N) is 2. The SMILES string of the molecule is C[C@@H](O)[C@H]1CCCN(Cc2cccn2C)C1. The largest absolute Gasteiger partial charge is 0.393 e. The summed E-state index contributed by atoms with van der Waals surface area (Å²) in [6.45, 7) is 5.11. The molecule has 1 aliphatic rings. The molecule has 2 atom stereocenters. The Morgan fingerprint density at radius 3 is 3.00 bits per heavy atom. The van der Waals surface area contributed by atoms with Crippen LogP contribution in [-0.2, 0) is 13.6 Å². The van der Waals surface area contributed by atoms with Crippen molar-refractivity contribution in [3.05, 3.63) is 24.0 Å². The summed E-state index contributed by atoms with van der Waals surface area (Å²) in [6.07, 6.45) is 4.29. The first-order valence-electron chi connectivity index (χ1n) is 6.17. The van der Waals surface area contributed by atoms with Crippen LogP contribution in [0.15, 0.2) is 18.3 Å². The minimum atomic E-state index is -0.170. The van der Waals surface area contributed by atoms with E-state index in [4.69, 9.17) is 0 Å². The van der Waals surface area contributed by atoms with Gasteiger partial charge in [-0.2, -0.15) is 0 Å². The van der Waals surface area contributed by atoms with Crippen LogP contribution < -0.4 is 0 Å². The first-order valence-corrected chi connectivity index (χ1v) is 6.17. The van der Waals surface area contributed by atoms with Gasteiger partial charge in [0.05, 0.1) is 6.10 Å². The van der Waals surface area contributed by atoms with Crippen molar-refractivity contribution in [3.8, 4) is 0 Å². The number of rotatable bonds is 3. The number of aromatic nitrogens is 1. The Morgan fingerprint density at radius 1 is 1.56 bits per heavy atom. The molecule has 1 saturated heterocycles. The molecule has 1 fully saturated rings. The zero-order valence-electron chi connectivity index (χ0n) is 10.3. The second-order valence-electron chi connectivity index (χ2n) is 4.99. The number of aryl methyl sites for hydroxylation is 1. The number of hydrogen-bond acceptors (Lipinski definition) is 2. The van der Waals surface area contributed by atoms with Crippen LogP contribution in [0.25, 0.3) is 0 Å². The molecule has 0 saturated carbocycles. The Morgan fingerprint density at radius 2 is 2.38 bits per heavy atom. The molecule has 3 nitrogen and oxygen atoms in total. The van der Waals surface area contributed by atoms with E-state index in [1.807, 2.05) is 6.92 Å². The molecule has 1 aromatic heterocycles. The summed E-state index contributed by atoms with van der Waals surface area (Å²) in [4.78, 5) is 2.45. The van der Waals surface area contributed by atoms with Gasteiger partial charge in [-0.05, 0) is 44.4 Å². The van der Waals surface area contributed by atoms with Crippen molar-refractivity contribution in [1.82, 2.24) is 9.47 Å².